The van der Waals surface area contributed by atoms with Crippen molar-refractivity contribution in [1.29, 1.82) is 0 Å². The van der Waals surface area contributed by atoms with Crippen LogP contribution in [0.5, 0.6) is 11.5 Å². The first-order valence-corrected chi connectivity index (χ1v) is 8.38. The Hall–Kier alpha value is -1.77. The van der Waals surface area contributed by atoms with Crippen molar-refractivity contribution < 1.29 is 17.9 Å². The zero-order chi connectivity index (χ0) is 15.5. The van der Waals surface area contributed by atoms with Crippen LogP contribution in [0, 0.1) is 0 Å². The standard InChI is InChI=1S/C13H16N2O4S2/c1-18-9-3-4-12(13(5-9)19-2)15-21(16,17)11-6-10(7-14)20-8-11/h3-6,8,15H,7,14H2,1-2H3. The fraction of sp³-hybridized carbons (Fsp3) is 0.231. The second-order valence-corrected chi connectivity index (χ2v) is 6.80. The van der Waals surface area contributed by atoms with Crippen LogP contribution in [0.25, 0.3) is 0 Å². The molecule has 1 aromatic heterocycles. The molecule has 0 aliphatic carbocycles. The van der Waals surface area contributed by atoms with E-state index in [4.69, 9.17) is 15.2 Å². The van der Waals surface area contributed by atoms with Gasteiger partial charge in [-0.15, -0.1) is 11.3 Å². The van der Waals surface area contributed by atoms with E-state index in [1.54, 1.807) is 29.6 Å². The molecule has 8 heteroatoms. The minimum absolute atomic E-state index is 0.186. The summed E-state index contributed by atoms with van der Waals surface area (Å²) in [7, 11) is -0.683. The molecule has 0 spiro atoms. The van der Waals surface area contributed by atoms with Crippen LogP contribution in [0.1, 0.15) is 4.88 Å². The van der Waals surface area contributed by atoms with Crippen molar-refractivity contribution in [2.45, 2.75) is 11.4 Å². The van der Waals surface area contributed by atoms with Gasteiger partial charge in [-0.05, 0) is 18.2 Å². The normalized spacial score (nSPS) is 11.2. The Morgan fingerprint density at radius 1 is 1.24 bits per heavy atom. The van der Waals surface area contributed by atoms with Gasteiger partial charge in [0.15, 0.2) is 0 Å². The van der Waals surface area contributed by atoms with Crippen molar-refractivity contribution in [3.8, 4) is 11.5 Å². The van der Waals surface area contributed by atoms with E-state index >= 15 is 0 Å². The summed E-state index contributed by atoms with van der Waals surface area (Å²) in [5, 5.41) is 1.56. The summed E-state index contributed by atoms with van der Waals surface area (Å²) in [5.41, 5.74) is 5.84. The third-order valence-electron chi connectivity index (χ3n) is 2.79. The highest BCUT2D eigenvalue weighted by Gasteiger charge is 2.18. The van der Waals surface area contributed by atoms with Crippen molar-refractivity contribution in [2.75, 3.05) is 18.9 Å². The summed E-state index contributed by atoms with van der Waals surface area (Å²) in [6.45, 7) is 0.312. The highest BCUT2D eigenvalue weighted by Crippen LogP contribution is 2.31. The molecule has 0 saturated carbocycles. The Kier molecular flexibility index (Phi) is 4.71. The molecular weight excluding hydrogens is 312 g/mol. The first kappa shape index (κ1) is 15.6. The lowest BCUT2D eigenvalue weighted by atomic mass is 10.3. The van der Waals surface area contributed by atoms with Gasteiger partial charge in [0.05, 0.1) is 24.8 Å². The number of ether oxygens (including phenoxy) is 2. The van der Waals surface area contributed by atoms with Gasteiger partial charge in [0, 0.05) is 22.9 Å². The van der Waals surface area contributed by atoms with Gasteiger partial charge < -0.3 is 15.2 Å². The first-order valence-electron chi connectivity index (χ1n) is 6.02. The lowest BCUT2D eigenvalue weighted by molar-refractivity contribution is 0.395. The summed E-state index contributed by atoms with van der Waals surface area (Å²) in [6, 6.07) is 6.41. The van der Waals surface area contributed by atoms with E-state index in [9.17, 15) is 8.42 Å². The van der Waals surface area contributed by atoms with Crippen LogP contribution in [0.2, 0.25) is 0 Å². The quantitative estimate of drug-likeness (QED) is 0.846. The third kappa shape index (κ3) is 3.46. The Labute approximate surface area is 127 Å². The predicted molar refractivity (Wildman–Crippen MR) is 82.6 cm³/mol. The number of hydrogen-bond donors (Lipinski definition) is 2. The number of anilines is 1. The highest BCUT2D eigenvalue weighted by molar-refractivity contribution is 7.92. The zero-order valence-electron chi connectivity index (χ0n) is 11.6. The fourth-order valence-corrected chi connectivity index (χ4v) is 3.92. The number of methoxy groups -OCH3 is 2. The Balaban J connectivity index is 2.32. The molecule has 6 nitrogen and oxygen atoms in total. The molecule has 114 valence electrons. The van der Waals surface area contributed by atoms with Crippen molar-refractivity contribution >= 4 is 27.0 Å². The molecule has 0 bridgehead atoms. The molecule has 1 heterocycles. The molecule has 2 aromatic rings. The van der Waals surface area contributed by atoms with Crippen molar-refractivity contribution in [2.24, 2.45) is 5.73 Å². The Morgan fingerprint density at radius 2 is 2.00 bits per heavy atom. The number of thiophene rings is 1. The predicted octanol–water partition coefficient (Wildman–Crippen LogP) is 2.02. The summed E-state index contributed by atoms with van der Waals surface area (Å²) in [6.07, 6.45) is 0. The number of benzene rings is 1. The van der Waals surface area contributed by atoms with E-state index in [-0.39, 0.29) is 4.90 Å². The van der Waals surface area contributed by atoms with Crippen molar-refractivity contribution in [1.82, 2.24) is 0 Å². The lowest BCUT2D eigenvalue weighted by Crippen LogP contribution is -2.13. The molecule has 21 heavy (non-hydrogen) atoms. The van der Waals surface area contributed by atoms with Crippen LogP contribution in [-0.2, 0) is 16.6 Å². The van der Waals surface area contributed by atoms with Gasteiger partial charge in [-0.25, -0.2) is 8.42 Å². The summed E-state index contributed by atoms with van der Waals surface area (Å²) < 4.78 is 37.4. The van der Waals surface area contributed by atoms with Gasteiger partial charge in [-0.3, -0.25) is 4.72 Å². The van der Waals surface area contributed by atoms with Crippen LogP contribution < -0.4 is 19.9 Å². The lowest BCUT2D eigenvalue weighted by Gasteiger charge is -2.12. The Morgan fingerprint density at radius 3 is 2.57 bits per heavy atom. The molecule has 0 fully saturated rings. The molecule has 0 aliphatic heterocycles. The van der Waals surface area contributed by atoms with Gasteiger partial charge in [0.2, 0.25) is 0 Å². The van der Waals surface area contributed by atoms with Gasteiger partial charge in [0.25, 0.3) is 10.0 Å². The van der Waals surface area contributed by atoms with E-state index in [0.29, 0.717) is 23.7 Å². The number of hydrogen-bond acceptors (Lipinski definition) is 6. The summed E-state index contributed by atoms with van der Waals surface area (Å²) >= 11 is 1.31. The maximum absolute atomic E-state index is 12.3. The maximum atomic E-state index is 12.3. The average Bonchev–Trinajstić information content (AvgIpc) is 2.97. The van der Waals surface area contributed by atoms with E-state index in [2.05, 4.69) is 4.72 Å². The van der Waals surface area contributed by atoms with E-state index in [0.717, 1.165) is 4.88 Å². The average molecular weight is 328 g/mol. The van der Waals surface area contributed by atoms with Gasteiger partial charge in [0.1, 0.15) is 11.5 Å². The van der Waals surface area contributed by atoms with Gasteiger partial charge >= 0.3 is 0 Å². The van der Waals surface area contributed by atoms with Crippen LogP contribution in [0.3, 0.4) is 0 Å². The number of nitrogens with one attached hydrogen (secondary N) is 1. The van der Waals surface area contributed by atoms with E-state index in [1.165, 1.54) is 25.6 Å². The zero-order valence-corrected chi connectivity index (χ0v) is 13.3. The number of nitrogens with two attached hydrogens (primary N) is 1. The van der Waals surface area contributed by atoms with Crippen LogP contribution in [0.15, 0.2) is 34.5 Å². The van der Waals surface area contributed by atoms with E-state index < -0.39 is 10.0 Å². The van der Waals surface area contributed by atoms with Crippen LogP contribution in [-0.4, -0.2) is 22.6 Å². The van der Waals surface area contributed by atoms with Crippen molar-refractivity contribution in [3.05, 3.63) is 34.5 Å². The molecule has 3 N–H and O–H groups in total. The highest BCUT2D eigenvalue weighted by atomic mass is 32.2. The topological polar surface area (TPSA) is 90.7 Å². The summed E-state index contributed by atoms with van der Waals surface area (Å²) in [4.78, 5) is 0.989. The monoisotopic (exact) mass is 328 g/mol. The van der Waals surface area contributed by atoms with Crippen molar-refractivity contribution in [3.63, 3.8) is 0 Å². The molecule has 0 amide bonds. The largest absolute Gasteiger partial charge is 0.497 e. The molecular formula is C13H16N2O4S2. The number of sulfonamides is 1. The number of rotatable bonds is 6. The fourth-order valence-electron chi connectivity index (χ4n) is 1.69. The van der Waals surface area contributed by atoms with Gasteiger partial charge in [-0.2, -0.15) is 0 Å². The molecule has 0 unspecified atom stereocenters. The third-order valence-corrected chi connectivity index (χ3v) is 5.25. The summed E-state index contributed by atoms with van der Waals surface area (Å²) in [5.74, 6) is 0.961. The molecule has 0 aliphatic rings. The first-order chi connectivity index (χ1) is 10.00. The molecule has 2 rings (SSSR count). The molecule has 0 atom stereocenters. The Bertz CT molecular complexity index is 726. The minimum atomic E-state index is -3.67. The maximum Gasteiger partial charge on any atom is 0.262 e. The molecule has 1 aromatic carbocycles. The SMILES string of the molecule is COc1ccc(NS(=O)(=O)c2csc(CN)c2)c(OC)c1. The second-order valence-electron chi connectivity index (χ2n) is 4.12. The van der Waals surface area contributed by atoms with Crippen LogP contribution >= 0.6 is 11.3 Å². The second kappa shape index (κ2) is 6.33. The van der Waals surface area contributed by atoms with Gasteiger partial charge in [-0.1, -0.05) is 0 Å². The minimum Gasteiger partial charge on any atom is -0.497 e. The molecule has 0 radical (unpaired) electrons. The van der Waals surface area contributed by atoms with Crippen LogP contribution in [0.4, 0.5) is 5.69 Å². The van der Waals surface area contributed by atoms with E-state index in [1.807, 2.05) is 0 Å². The smallest absolute Gasteiger partial charge is 0.262 e. The molecule has 0 saturated heterocycles.